The standard InChI is InChI=1S/C26H39F3N4O3/c27-18-33(16-4-2-1-3-7-21-9-8-19-6-5-15-30-23(19)31-21)17-12-22(25(35)36)32-24(34)20-10-13-26(28,29)14-11-20/h8-9,20,22H,1-7,10-18H2,(H,30,31)(H,32,34)(H,35,36)/t22-/m0/s1. The number of anilines is 1. The van der Waals surface area contributed by atoms with Gasteiger partial charge in [0.25, 0.3) is 0 Å². The number of nitrogens with zero attached hydrogens (tertiary/aromatic N) is 2. The molecule has 3 N–H and O–H groups in total. The average molecular weight is 513 g/mol. The van der Waals surface area contributed by atoms with Crippen LogP contribution in [-0.4, -0.2) is 65.3 Å². The van der Waals surface area contributed by atoms with Gasteiger partial charge in [-0.25, -0.2) is 22.9 Å². The third-order valence-electron chi connectivity index (χ3n) is 7.21. The number of aromatic nitrogens is 1. The average Bonchev–Trinajstić information content (AvgIpc) is 2.86. The van der Waals surface area contributed by atoms with E-state index in [1.165, 1.54) is 5.56 Å². The molecule has 0 aromatic carbocycles. The number of alkyl halides is 3. The molecule has 2 heterocycles. The van der Waals surface area contributed by atoms with Crippen molar-refractivity contribution in [2.45, 2.75) is 89.0 Å². The number of fused-ring (bicyclic) bond motifs is 1. The molecule has 1 amide bonds. The number of hydrogen-bond donors (Lipinski definition) is 3. The second-order valence-corrected chi connectivity index (χ2v) is 10.1. The van der Waals surface area contributed by atoms with Crippen molar-refractivity contribution in [1.29, 1.82) is 0 Å². The summed E-state index contributed by atoms with van der Waals surface area (Å²) in [5, 5.41) is 15.3. The number of halogens is 3. The van der Waals surface area contributed by atoms with E-state index in [0.29, 0.717) is 6.54 Å². The summed E-state index contributed by atoms with van der Waals surface area (Å²) in [5.41, 5.74) is 2.36. The fourth-order valence-corrected chi connectivity index (χ4v) is 4.90. The highest BCUT2D eigenvalue weighted by atomic mass is 19.3. The quantitative estimate of drug-likeness (QED) is 0.250. The molecule has 0 spiro atoms. The van der Waals surface area contributed by atoms with E-state index in [2.05, 4.69) is 22.8 Å². The Labute approximate surface area is 211 Å². The molecule has 36 heavy (non-hydrogen) atoms. The van der Waals surface area contributed by atoms with Crippen LogP contribution < -0.4 is 10.6 Å². The Balaban J connectivity index is 1.31. The second kappa shape index (κ2) is 13.8. The van der Waals surface area contributed by atoms with Crippen LogP contribution in [0.2, 0.25) is 0 Å². The first-order chi connectivity index (χ1) is 17.3. The van der Waals surface area contributed by atoms with Gasteiger partial charge in [0.05, 0.1) is 0 Å². The van der Waals surface area contributed by atoms with Crippen LogP contribution in [0.25, 0.3) is 0 Å². The van der Waals surface area contributed by atoms with Crippen LogP contribution in [0, 0.1) is 5.92 Å². The smallest absolute Gasteiger partial charge is 0.326 e. The lowest BCUT2D eigenvalue weighted by Gasteiger charge is -2.28. The third kappa shape index (κ3) is 8.94. The molecule has 1 aromatic rings. The number of carbonyl (C=O) groups excluding carboxylic acids is 1. The maximum Gasteiger partial charge on any atom is 0.326 e. The molecule has 7 nitrogen and oxygen atoms in total. The molecule has 1 aliphatic carbocycles. The summed E-state index contributed by atoms with van der Waals surface area (Å²) in [6, 6.07) is 3.09. The predicted octanol–water partition coefficient (Wildman–Crippen LogP) is 4.56. The van der Waals surface area contributed by atoms with Crippen LogP contribution in [0.15, 0.2) is 12.1 Å². The summed E-state index contributed by atoms with van der Waals surface area (Å²) in [6.45, 7) is 0.984. The largest absolute Gasteiger partial charge is 0.480 e. The summed E-state index contributed by atoms with van der Waals surface area (Å²) in [6.07, 6.45) is 6.27. The number of aryl methyl sites for hydroxylation is 2. The van der Waals surface area contributed by atoms with Gasteiger partial charge < -0.3 is 15.7 Å². The van der Waals surface area contributed by atoms with E-state index in [-0.39, 0.29) is 38.6 Å². The van der Waals surface area contributed by atoms with Crippen molar-refractivity contribution >= 4 is 17.7 Å². The molecular weight excluding hydrogens is 473 g/mol. The first-order valence-electron chi connectivity index (χ1n) is 13.2. The molecule has 0 radical (unpaired) electrons. The lowest BCUT2D eigenvalue weighted by molar-refractivity contribution is -0.143. The highest BCUT2D eigenvalue weighted by molar-refractivity contribution is 5.85. The fraction of sp³-hybridized carbons (Fsp3) is 0.731. The second-order valence-electron chi connectivity index (χ2n) is 10.1. The molecule has 0 saturated heterocycles. The van der Waals surface area contributed by atoms with E-state index < -0.39 is 36.6 Å². The van der Waals surface area contributed by atoms with Crippen LogP contribution in [0.5, 0.6) is 0 Å². The molecule has 0 unspecified atom stereocenters. The normalized spacial score (nSPS) is 18.3. The number of nitrogens with one attached hydrogen (secondary N) is 2. The summed E-state index contributed by atoms with van der Waals surface area (Å²) in [7, 11) is 0. The molecule has 3 rings (SSSR count). The number of pyridine rings is 1. The minimum absolute atomic E-state index is 0.0429. The third-order valence-corrected chi connectivity index (χ3v) is 7.21. The van der Waals surface area contributed by atoms with Crippen molar-refractivity contribution < 1.29 is 27.9 Å². The van der Waals surface area contributed by atoms with Crippen molar-refractivity contribution in [1.82, 2.24) is 15.2 Å². The monoisotopic (exact) mass is 512 g/mol. The van der Waals surface area contributed by atoms with Crippen LogP contribution in [0.1, 0.15) is 75.5 Å². The molecule has 1 aliphatic heterocycles. The highest BCUT2D eigenvalue weighted by Crippen LogP contribution is 2.36. The minimum Gasteiger partial charge on any atom is -0.480 e. The van der Waals surface area contributed by atoms with Gasteiger partial charge in [-0.15, -0.1) is 0 Å². The van der Waals surface area contributed by atoms with Crippen molar-refractivity contribution in [2.24, 2.45) is 5.92 Å². The summed E-state index contributed by atoms with van der Waals surface area (Å²) in [4.78, 5) is 30.2. The molecular formula is C26H39F3N4O3. The maximum absolute atomic E-state index is 13.5. The molecule has 202 valence electrons. The van der Waals surface area contributed by atoms with E-state index in [9.17, 15) is 27.9 Å². The van der Waals surface area contributed by atoms with Gasteiger partial charge in [0.2, 0.25) is 11.8 Å². The molecule has 1 fully saturated rings. The fourth-order valence-electron chi connectivity index (χ4n) is 4.90. The van der Waals surface area contributed by atoms with Gasteiger partial charge in [0, 0.05) is 44.1 Å². The Bertz CT molecular complexity index is 861. The number of unbranched alkanes of at least 4 members (excludes halogenated alkanes) is 3. The topological polar surface area (TPSA) is 94.6 Å². The van der Waals surface area contributed by atoms with Gasteiger partial charge >= 0.3 is 5.97 Å². The maximum atomic E-state index is 13.5. The van der Waals surface area contributed by atoms with Crippen LogP contribution >= 0.6 is 0 Å². The Morgan fingerprint density at radius 2 is 1.92 bits per heavy atom. The van der Waals surface area contributed by atoms with E-state index in [0.717, 1.165) is 63.0 Å². The number of hydrogen-bond acceptors (Lipinski definition) is 5. The Hall–Kier alpha value is -2.36. The Kier molecular flexibility index (Phi) is 10.8. The van der Waals surface area contributed by atoms with Crippen LogP contribution in [-0.2, 0) is 22.4 Å². The highest BCUT2D eigenvalue weighted by Gasteiger charge is 2.38. The predicted molar refractivity (Wildman–Crippen MR) is 132 cm³/mol. The molecule has 2 aliphatic rings. The van der Waals surface area contributed by atoms with E-state index in [1.54, 1.807) is 4.90 Å². The molecule has 0 bridgehead atoms. The van der Waals surface area contributed by atoms with Crippen molar-refractivity contribution in [3.63, 3.8) is 0 Å². The number of carbonyl (C=O) groups is 2. The van der Waals surface area contributed by atoms with E-state index >= 15 is 0 Å². The first kappa shape index (κ1) is 28.2. The minimum atomic E-state index is -2.75. The van der Waals surface area contributed by atoms with Crippen molar-refractivity contribution in [3.05, 3.63) is 23.4 Å². The lowest BCUT2D eigenvalue weighted by atomic mass is 9.86. The van der Waals surface area contributed by atoms with Gasteiger partial charge in [-0.1, -0.05) is 18.9 Å². The van der Waals surface area contributed by atoms with E-state index in [1.807, 2.05) is 0 Å². The Morgan fingerprint density at radius 1 is 1.17 bits per heavy atom. The number of aliphatic carboxylic acids is 1. The number of amides is 1. The molecule has 1 saturated carbocycles. The summed E-state index contributed by atoms with van der Waals surface area (Å²) >= 11 is 0. The van der Waals surface area contributed by atoms with Gasteiger partial charge in [-0.05, 0) is 63.0 Å². The van der Waals surface area contributed by atoms with Gasteiger partial charge in [-0.3, -0.25) is 9.69 Å². The van der Waals surface area contributed by atoms with Crippen molar-refractivity contribution in [3.8, 4) is 0 Å². The zero-order valence-corrected chi connectivity index (χ0v) is 20.9. The number of carboxylic acids is 1. The SMILES string of the molecule is O=C(N[C@@H](CCN(CF)CCCCCCc1ccc2c(n1)NCCC2)C(=O)O)C1CCC(F)(F)CC1. The van der Waals surface area contributed by atoms with E-state index in [4.69, 9.17) is 4.98 Å². The summed E-state index contributed by atoms with van der Waals surface area (Å²) < 4.78 is 40.1. The zero-order valence-electron chi connectivity index (χ0n) is 20.9. The number of carboxylic acid groups (broad SMARTS) is 1. The Morgan fingerprint density at radius 3 is 2.64 bits per heavy atom. The lowest BCUT2D eigenvalue weighted by Crippen LogP contribution is -2.46. The van der Waals surface area contributed by atoms with Crippen LogP contribution in [0.3, 0.4) is 0 Å². The first-order valence-corrected chi connectivity index (χ1v) is 13.2. The van der Waals surface area contributed by atoms with Crippen molar-refractivity contribution in [2.75, 3.05) is 31.7 Å². The molecule has 1 aromatic heterocycles. The van der Waals surface area contributed by atoms with Gasteiger partial charge in [-0.2, -0.15) is 0 Å². The van der Waals surface area contributed by atoms with Crippen LogP contribution in [0.4, 0.5) is 19.0 Å². The van der Waals surface area contributed by atoms with Gasteiger partial charge in [0.15, 0.2) is 0 Å². The number of rotatable bonds is 14. The van der Waals surface area contributed by atoms with Gasteiger partial charge in [0.1, 0.15) is 18.7 Å². The molecule has 1 atom stereocenters. The summed E-state index contributed by atoms with van der Waals surface area (Å²) in [5.74, 6) is -4.05. The zero-order chi connectivity index (χ0) is 26.0. The molecule has 10 heteroatoms.